The van der Waals surface area contributed by atoms with Crippen LogP contribution in [0.25, 0.3) is 121 Å². The highest BCUT2D eigenvalue weighted by Crippen LogP contribution is 2.49. The molecule has 0 atom stereocenters. The monoisotopic (exact) mass is 866 g/mol. The van der Waals surface area contributed by atoms with Gasteiger partial charge in [0.05, 0.1) is 0 Å². The summed E-state index contributed by atoms with van der Waals surface area (Å²) >= 11 is 0. The van der Waals surface area contributed by atoms with Gasteiger partial charge in [-0.2, -0.15) is 0 Å². The zero-order chi connectivity index (χ0) is 45.9. The molecule has 0 aromatic heterocycles. The van der Waals surface area contributed by atoms with Crippen molar-refractivity contribution in [2.45, 2.75) is 27.7 Å². The molecule has 0 heteroatoms. The Bertz CT molecular complexity index is 3330. The molecule has 0 radical (unpaired) electrons. The van der Waals surface area contributed by atoms with E-state index < -0.39 is 0 Å². The summed E-state index contributed by atoms with van der Waals surface area (Å²) in [6.07, 6.45) is 0. The predicted molar refractivity (Wildman–Crippen MR) is 293 cm³/mol. The van der Waals surface area contributed by atoms with Crippen molar-refractivity contribution in [3.63, 3.8) is 0 Å². The third-order valence-electron chi connectivity index (χ3n) is 14.5. The number of hydrogen-bond acceptors (Lipinski definition) is 0. The normalized spacial score (nSPS) is 11.5. The molecule has 0 N–H and O–H groups in total. The van der Waals surface area contributed by atoms with Crippen LogP contribution < -0.4 is 0 Å². The molecule has 0 aliphatic heterocycles. The second-order valence-electron chi connectivity index (χ2n) is 18.6. The second kappa shape index (κ2) is 16.8. The maximum absolute atomic E-state index is 2.45. The fraction of sp³-hybridized carbons (Fsp3) is 0.0588. The topological polar surface area (TPSA) is 0 Å². The van der Waals surface area contributed by atoms with E-state index in [9.17, 15) is 0 Å². The molecule has 12 aromatic carbocycles. The van der Waals surface area contributed by atoms with Crippen LogP contribution >= 0.6 is 0 Å². The minimum absolute atomic E-state index is 1.21. The van der Waals surface area contributed by atoms with E-state index >= 15 is 0 Å². The highest BCUT2D eigenvalue weighted by Gasteiger charge is 2.22. The van der Waals surface area contributed by atoms with Gasteiger partial charge in [-0.3, -0.25) is 0 Å². The first-order valence-electron chi connectivity index (χ1n) is 23.8. The molecule has 0 heterocycles. The first kappa shape index (κ1) is 41.1. The van der Waals surface area contributed by atoms with Gasteiger partial charge in [0, 0.05) is 0 Å². The molecule has 12 aromatic rings. The molecule has 0 aliphatic rings. The van der Waals surface area contributed by atoms with E-state index in [0.717, 1.165) is 0 Å². The molecule has 0 saturated carbocycles. The minimum atomic E-state index is 1.21. The largest absolute Gasteiger partial charge is 0.0620 e. The summed E-state index contributed by atoms with van der Waals surface area (Å²) in [4.78, 5) is 0. The standard InChI is InChI=1S/C68H50/c1-43-13-5-9-17-55(43)47-21-29-51(30-22-47)63-41-64(52-31-23-48(24-32-52)56-18-10-6-14-44(56)2)60-39-40-62-66(54-35-27-50(28-36-54)58-20-12-8-16-46(58)4)42-65(61-38-37-59(63)67(60)68(61)62)53-33-25-49(26-34-53)57-19-11-7-15-45(57)3/h5-42H,1-4H3. The van der Waals surface area contributed by atoms with Gasteiger partial charge in [0.25, 0.3) is 0 Å². The van der Waals surface area contributed by atoms with Gasteiger partial charge in [0.1, 0.15) is 0 Å². The average Bonchev–Trinajstić information content (AvgIpc) is 3.38. The highest BCUT2D eigenvalue weighted by atomic mass is 14.2. The molecule has 0 aliphatic carbocycles. The summed E-state index contributed by atoms with van der Waals surface area (Å²) in [5, 5.41) is 7.64. The Balaban J connectivity index is 1.12. The predicted octanol–water partition coefficient (Wildman–Crippen LogP) is 19.2. The number of rotatable bonds is 8. The summed E-state index contributed by atoms with van der Waals surface area (Å²) in [5.41, 5.74) is 24.9. The Morgan fingerprint density at radius 2 is 0.353 bits per heavy atom. The minimum Gasteiger partial charge on any atom is -0.0620 e. The quantitative estimate of drug-likeness (QED) is 0.134. The first-order chi connectivity index (χ1) is 33.4. The van der Waals surface area contributed by atoms with Gasteiger partial charge in [-0.25, -0.2) is 0 Å². The van der Waals surface area contributed by atoms with Crippen molar-refractivity contribution in [3.8, 4) is 89.0 Å². The summed E-state index contributed by atoms with van der Waals surface area (Å²) < 4.78 is 0. The van der Waals surface area contributed by atoms with E-state index in [1.54, 1.807) is 0 Å². The maximum atomic E-state index is 2.45. The molecule has 0 spiro atoms. The van der Waals surface area contributed by atoms with Crippen LogP contribution in [0.15, 0.2) is 231 Å². The van der Waals surface area contributed by atoms with E-state index in [4.69, 9.17) is 0 Å². The van der Waals surface area contributed by atoms with E-state index in [-0.39, 0.29) is 0 Å². The van der Waals surface area contributed by atoms with Crippen LogP contribution in [0.5, 0.6) is 0 Å². The van der Waals surface area contributed by atoms with Crippen LogP contribution in [0, 0.1) is 27.7 Å². The smallest absolute Gasteiger partial charge is 0.00139 e. The van der Waals surface area contributed by atoms with Gasteiger partial charge >= 0.3 is 0 Å². The molecule has 12 rings (SSSR count). The molecule has 0 nitrogen and oxygen atoms in total. The fourth-order valence-electron chi connectivity index (χ4n) is 10.9. The summed E-state index contributed by atoms with van der Waals surface area (Å²) in [6, 6.07) is 86.1. The fourth-order valence-corrected chi connectivity index (χ4v) is 10.9. The molecule has 68 heavy (non-hydrogen) atoms. The van der Waals surface area contributed by atoms with Crippen molar-refractivity contribution in [1.82, 2.24) is 0 Å². The van der Waals surface area contributed by atoms with Crippen LogP contribution in [0.3, 0.4) is 0 Å². The Labute approximate surface area is 399 Å². The van der Waals surface area contributed by atoms with E-state index in [0.29, 0.717) is 0 Å². The lowest BCUT2D eigenvalue weighted by molar-refractivity contribution is 1.46. The van der Waals surface area contributed by atoms with Crippen molar-refractivity contribution >= 4 is 32.3 Å². The van der Waals surface area contributed by atoms with Crippen molar-refractivity contribution in [2.75, 3.05) is 0 Å². The summed E-state index contributed by atoms with van der Waals surface area (Å²) in [5.74, 6) is 0. The number of benzene rings is 12. The first-order valence-corrected chi connectivity index (χ1v) is 23.8. The van der Waals surface area contributed by atoms with E-state index in [1.165, 1.54) is 144 Å². The van der Waals surface area contributed by atoms with Gasteiger partial charge in [-0.15, -0.1) is 0 Å². The van der Waals surface area contributed by atoms with E-state index in [2.05, 4.69) is 258 Å². The van der Waals surface area contributed by atoms with Crippen LogP contribution in [0.1, 0.15) is 22.3 Å². The van der Waals surface area contributed by atoms with Crippen molar-refractivity contribution in [2.24, 2.45) is 0 Å². The Hall–Kier alpha value is -8.32. The zero-order valence-corrected chi connectivity index (χ0v) is 38.9. The number of hydrogen-bond donors (Lipinski definition) is 0. The van der Waals surface area contributed by atoms with Crippen LogP contribution in [-0.2, 0) is 0 Å². The van der Waals surface area contributed by atoms with Crippen molar-refractivity contribution < 1.29 is 0 Å². The Morgan fingerprint density at radius 1 is 0.176 bits per heavy atom. The average molecular weight is 867 g/mol. The van der Waals surface area contributed by atoms with Gasteiger partial charge < -0.3 is 0 Å². The van der Waals surface area contributed by atoms with Crippen molar-refractivity contribution in [3.05, 3.63) is 253 Å². The van der Waals surface area contributed by atoms with Crippen LogP contribution in [0.2, 0.25) is 0 Å². The molecule has 0 bridgehead atoms. The van der Waals surface area contributed by atoms with Gasteiger partial charge in [-0.05, 0) is 183 Å². The molecular formula is C68H50. The lowest BCUT2D eigenvalue weighted by atomic mass is 9.81. The Kier molecular flexibility index (Phi) is 10.2. The molecule has 0 amide bonds. The lowest BCUT2D eigenvalue weighted by Gasteiger charge is -2.22. The highest BCUT2D eigenvalue weighted by molar-refractivity contribution is 6.32. The second-order valence-corrected chi connectivity index (χ2v) is 18.6. The summed E-state index contributed by atoms with van der Waals surface area (Å²) in [7, 11) is 0. The SMILES string of the molecule is Cc1ccccc1-c1ccc(-c2cc(-c3ccc(-c4ccccc4C)cc3)c3ccc4c(-c5ccc(-c6ccccc6C)cc5)cc(-c5ccc(-c6ccccc6C)cc5)c5ccc2c3c54)cc1. The summed E-state index contributed by atoms with van der Waals surface area (Å²) in [6.45, 7) is 8.78. The van der Waals surface area contributed by atoms with Gasteiger partial charge in [-0.1, -0.05) is 218 Å². The molecule has 322 valence electrons. The third-order valence-corrected chi connectivity index (χ3v) is 14.5. The van der Waals surface area contributed by atoms with Crippen LogP contribution in [-0.4, -0.2) is 0 Å². The van der Waals surface area contributed by atoms with Crippen LogP contribution in [0.4, 0.5) is 0 Å². The van der Waals surface area contributed by atoms with E-state index in [1.807, 2.05) is 0 Å². The Morgan fingerprint density at radius 3 is 0.544 bits per heavy atom. The molecule has 0 fully saturated rings. The van der Waals surface area contributed by atoms with Crippen molar-refractivity contribution in [1.29, 1.82) is 0 Å². The van der Waals surface area contributed by atoms with Gasteiger partial charge in [0.15, 0.2) is 0 Å². The molecule has 0 unspecified atom stereocenters. The maximum Gasteiger partial charge on any atom is -0.00139 e. The lowest BCUT2D eigenvalue weighted by Crippen LogP contribution is -1.95. The van der Waals surface area contributed by atoms with Gasteiger partial charge in [0.2, 0.25) is 0 Å². The molecule has 0 saturated heterocycles. The zero-order valence-electron chi connectivity index (χ0n) is 38.9. The third kappa shape index (κ3) is 7.09. The number of aryl methyl sites for hydroxylation is 4. The molecular weight excluding hydrogens is 817 g/mol.